The Balaban J connectivity index is 1.75. The third-order valence-electron chi connectivity index (χ3n) is 7.01. The van der Waals surface area contributed by atoms with E-state index in [-0.39, 0.29) is 0 Å². The van der Waals surface area contributed by atoms with Gasteiger partial charge in [0.05, 0.1) is 0 Å². The Morgan fingerprint density at radius 2 is 1.88 bits per heavy atom. The van der Waals surface area contributed by atoms with Crippen LogP contribution >= 0.6 is 23.5 Å². The summed E-state index contributed by atoms with van der Waals surface area (Å²) in [6.45, 7) is 11.7. The Labute approximate surface area is 157 Å². The summed E-state index contributed by atoms with van der Waals surface area (Å²) in [4.78, 5) is 0. The number of fused-ring (bicyclic) bond motifs is 2. The molecule has 0 amide bonds. The molecule has 1 aromatic carbocycles. The maximum Gasteiger partial charge on any atom is 0.0243 e. The lowest BCUT2D eigenvalue weighted by Crippen LogP contribution is -2.39. The van der Waals surface area contributed by atoms with Crippen molar-refractivity contribution in [1.29, 1.82) is 0 Å². The lowest BCUT2D eigenvalue weighted by atomic mass is 9.70. The normalized spacial score (nSPS) is 30.5. The zero-order valence-electron chi connectivity index (χ0n) is 15.7. The van der Waals surface area contributed by atoms with Gasteiger partial charge in [-0.25, -0.2) is 0 Å². The summed E-state index contributed by atoms with van der Waals surface area (Å²) >= 11 is 3.91. The van der Waals surface area contributed by atoms with E-state index in [0.29, 0.717) is 16.1 Å². The monoisotopic (exact) mass is 358 g/mol. The maximum absolute atomic E-state index is 5.67. The summed E-state index contributed by atoms with van der Waals surface area (Å²) in [5.74, 6) is 3.25. The second kappa shape index (κ2) is 6.65. The predicted octanol–water partition coefficient (Wildman–Crippen LogP) is 6.36. The number of hydrogen-bond acceptors (Lipinski definition) is 2. The molecule has 2 saturated carbocycles. The molecule has 3 atom stereocenters. The van der Waals surface area contributed by atoms with Crippen molar-refractivity contribution in [2.75, 3.05) is 5.75 Å². The molecule has 0 radical (unpaired) electrons. The fraction of sp³-hybridized carbons (Fsp3) is 0.636. The van der Waals surface area contributed by atoms with E-state index in [1.165, 1.54) is 47.3 Å². The maximum atomic E-state index is 5.67. The van der Waals surface area contributed by atoms with Gasteiger partial charge in [-0.15, -0.1) is 6.42 Å². The van der Waals surface area contributed by atoms with E-state index in [4.69, 9.17) is 6.42 Å². The molecule has 0 heterocycles. The molecule has 2 bridgehead atoms. The minimum atomic E-state index is 0.422. The van der Waals surface area contributed by atoms with Crippen LogP contribution in [0.3, 0.4) is 0 Å². The van der Waals surface area contributed by atoms with Gasteiger partial charge in [0.25, 0.3) is 0 Å². The van der Waals surface area contributed by atoms with E-state index >= 15 is 0 Å². The van der Waals surface area contributed by atoms with Crippen molar-refractivity contribution in [3.8, 4) is 11.7 Å². The molecule has 2 heteroatoms. The molecule has 0 N–H and O–H groups in total. The van der Waals surface area contributed by atoms with Crippen molar-refractivity contribution in [2.24, 2.45) is 16.7 Å². The first-order chi connectivity index (χ1) is 11.3. The van der Waals surface area contributed by atoms with Crippen molar-refractivity contribution in [1.82, 2.24) is 0 Å². The van der Waals surface area contributed by atoms with Crippen LogP contribution < -0.4 is 0 Å². The molecule has 2 fully saturated rings. The predicted molar refractivity (Wildman–Crippen MR) is 111 cm³/mol. The third kappa shape index (κ3) is 2.82. The lowest BCUT2D eigenvalue weighted by Gasteiger charge is -2.41. The van der Waals surface area contributed by atoms with Crippen LogP contribution in [-0.2, 0) is 5.75 Å². The fourth-order valence-electron chi connectivity index (χ4n) is 5.36. The van der Waals surface area contributed by atoms with Gasteiger partial charge < -0.3 is 0 Å². The number of terminal acetylenes is 1. The number of thioether (sulfide) groups is 2. The van der Waals surface area contributed by atoms with Crippen molar-refractivity contribution < 1.29 is 0 Å². The van der Waals surface area contributed by atoms with Gasteiger partial charge >= 0.3 is 0 Å². The van der Waals surface area contributed by atoms with Crippen LogP contribution in [0.1, 0.15) is 55.4 Å². The van der Waals surface area contributed by atoms with E-state index in [1.54, 1.807) is 11.8 Å². The zero-order chi connectivity index (χ0) is 17.5. The van der Waals surface area contributed by atoms with E-state index in [9.17, 15) is 0 Å². The molecule has 1 aromatic rings. The highest BCUT2D eigenvalue weighted by atomic mass is 32.2. The first kappa shape index (κ1) is 18.3. The Morgan fingerprint density at radius 1 is 1.21 bits per heavy atom. The molecular formula is C22H30S2. The van der Waals surface area contributed by atoms with Gasteiger partial charge in [0.1, 0.15) is 0 Å². The molecule has 0 aliphatic heterocycles. The van der Waals surface area contributed by atoms with E-state index in [1.807, 2.05) is 0 Å². The van der Waals surface area contributed by atoms with Gasteiger partial charge in [0.15, 0.2) is 0 Å². The molecule has 3 rings (SSSR count). The highest BCUT2D eigenvalue weighted by molar-refractivity contribution is 8.04. The Hall–Kier alpha value is -0.520. The molecule has 0 aromatic heterocycles. The second-order valence-electron chi connectivity index (χ2n) is 8.44. The first-order valence-electron chi connectivity index (χ1n) is 9.07. The fourth-order valence-corrected chi connectivity index (χ4v) is 8.53. The second-order valence-corrected chi connectivity index (χ2v) is 10.5. The van der Waals surface area contributed by atoms with Crippen LogP contribution in [-0.4, -0.2) is 11.0 Å². The number of hydrogen-bond donors (Lipinski definition) is 0. The Morgan fingerprint density at radius 3 is 2.46 bits per heavy atom. The average Bonchev–Trinajstić information content (AvgIpc) is 2.85. The van der Waals surface area contributed by atoms with Crippen LogP contribution in [0.5, 0.6) is 0 Å². The van der Waals surface area contributed by atoms with Crippen molar-refractivity contribution in [3.05, 3.63) is 34.4 Å². The smallest absolute Gasteiger partial charge is 0.0243 e. The number of benzene rings is 1. The van der Waals surface area contributed by atoms with Gasteiger partial charge in [0, 0.05) is 16.8 Å². The average molecular weight is 359 g/mol. The molecular weight excluding hydrogens is 328 g/mol. The molecule has 0 spiro atoms. The molecule has 0 nitrogen and oxygen atoms in total. The third-order valence-corrected chi connectivity index (χ3v) is 9.29. The van der Waals surface area contributed by atoms with Crippen LogP contribution in [0.4, 0.5) is 0 Å². The molecule has 2 aliphatic carbocycles. The molecule has 2 aliphatic rings. The lowest BCUT2D eigenvalue weighted by molar-refractivity contribution is 0.162. The van der Waals surface area contributed by atoms with E-state index < -0.39 is 0 Å². The summed E-state index contributed by atoms with van der Waals surface area (Å²) in [5.41, 5.74) is 6.66. The summed E-state index contributed by atoms with van der Waals surface area (Å²) in [6.07, 6.45) is 9.76. The van der Waals surface area contributed by atoms with Crippen molar-refractivity contribution in [3.63, 3.8) is 0 Å². The van der Waals surface area contributed by atoms with Crippen LogP contribution in [0.2, 0.25) is 0 Å². The quantitative estimate of drug-likeness (QED) is 0.561. The summed E-state index contributed by atoms with van der Waals surface area (Å²) in [5, 5.41) is 3.55. The molecule has 0 saturated heterocycles. The zero-order valence-corrected chi connectivity index (χ0v) is 17.4. The largest absolute Gasteiger partial charge is 0.157 e. The van der Waals surface area contributed by atoms with Gasteiger partial charge in [-0.2, -0.15) is 11.8 Å². The first-order valence-corrected chi connectivity index (χ1v) is 11.1. The highest BCUT2D eigenvalue weighted by Gasteiger charge is 2.63. The summed E-state index contributed by atoms with van der Waals surface area (Å²) in [6, 6.07) is 4.65. The Bertz CT molecular complexity index is 644. The van der Waals surface area contributed by atoms with Gasteiger partial charge in [0.2, 0.25) is 0 Å². The van der Waals surface area contributed by atoms with Crippen LogP contribution in [0.15, 0.2) is 12.1 Å². The molecule has 130 valence electrons. The summed E-state index contributed by atoms with van der Waals surface area (Å²) in [7, 11) is 0. The molecule has 24 heavy (non-hydrogen) atoms. The number of aryl methyl sites for hydroxylation is 3. The van der Waals surface area contributed by atoms with Crippen molar-refractivity contribution >= 4 is 23.5 Å². The van der Waals surface area contributed by atoms with Crippen LogP contribution in [0.25, 0.3) is 0 Å². The number of rotatable bonds is 5. The molecule has 0 unspecified atom stereocenters. The van der Waals surface area contributed by atoms with Gasteiger partial charge in [-0.05, 0) is 78.7 Å². The van der Waals surface area contributed by atoms with Crippen LogP contribution in [0, 0.1) is 49.2 Å². The standard InChI is InChI=1S/C22H30S2/c1-7-24-20-12-18-8-9-22(20,21(18,5)6)14-23-13-19-16(3)10-15(2)11-17(19)4/h1,10-11,18,20H,8-9,12-14H2,2-6H3/t18-,20-,22-/m1/s1. The summed E-state index contributed by atoms with van der Waals surface area (Å²) < 4.78 is 0. The minimum absolute atomic E-state index is 0.422. The highest BCUT2D eigenvalue weighted by Crippen LogP contribution is 2.69. The van der Waals surface area contributed by atoms with Gasteiger partial charge in [-0.1, -0.05) is 43.3 Å². The van der Waals surface area contributed by atoms with E-state index in [0.717, 1.165) is 11.7 Å². The topological polar surface area (TPSA) is 0 Å². The van der Waals surface area contributed by atoms with Crippen molar-refractivity contribution in [2.45, 2.75) is 64.9 Å². The van der Waals surface area contributed by atoms with E-state index in [2.05, 4.69) is 63.8 Å². The minimum Gasteiger partial charge on any atom is -0.157 e. The van der Waals surface area contributed by atoms with Gasteiger partial charge in [-0.3, -0.25) is 0 Å². The SMILES string of the molecule is C#CS[C@@H]1C[C@H]2CC[C@]1(CSCc1c(C)cc(C)cc1C)C2(C)C. The Kier molecular flexibility index (Phi) is 5.07.